The molecule has 2 aromatic rings. The smallest absolute Gasteiger partial charge is 0.339 e. The van der Waals surface area contributed by atoms with E-state index in [0.717, 1.165) is 0 Å². The molecule has 10 heteroatoms. The largest absolute Gasteiger partial charge is 0.459 e. The Bertz CT molecular complexity index is 834. The van der Waals surface area contributed by atoms with Crippen molar-refractivity contribution < 1.29 is 23.7 Å². The zero-order chi connectivity index (χ0) is 19.3. The van der Waals surface area contributed by atoms with Crippen LogP contribution in [0.4, 0.5) is 5.69 Å². The number of amides is 2. The zero-order valence-electron chi connectivity index (χ0n) is 14.3. The topological polar surface area (TPSA) is 123 Å². The number of halogens is 1. The second-order valence-electron chi connectivity index (χ2n) is 5.58. The summed E-state index contributed by atoms with van der Waals surface area (Å²) in [6.45, 7) is 4.68. The van der Waals surface area contributed by atoms with Crippen molar-refractivity contribution in [3.8, 4) is 0 Å². The van der Waals surface area contributed by atoms with Crippen LogP contribution in [0, 0.1) is 6.92 Å². The number of aromatic nitrogens is 2. The summed E-state index contributed by atoms with van der Waals surface area (Å²) >= 11 is 5.99. The fourth-order valence-corrected chi connectivity index (χ4v) is 2.12. The van der Waals surface area contributed by atoms with E-state index in [1.807, 2.05) is 0 Å². The van der Waals surface area contributed by atoms with E-state index in [-0.39, 0.29) is 28.9 Å². The molecule has 0 saturated heterocycles. The summed E-state index contributed by atoms with van der Waals surface area (Å²) in [6, 6.07) is 4.40. The number of aryl methyl sites for hydroxylation is 1. The monoisotopic (exact) mass is 380 g/mol. The number of ether oxygens (including phenoxy) is 1. The van der Waals surface area contributed by atoms with Crippen LogP contribution in [0.1, 0.15) is 40.4 Å². The van der Waals surface area contributed by atoms with Crippen LogP contribution in [0.5, 0.6) is 0 Å². The number of carbonyl (C=O) groups excluding carboxylic acids is 3. The Hall–Kier alpha value is -2.94. The number of anilines is 1. The Labute approximate surface area is 154 Å². The first-order chi connectivity index (χ1) is 12.3. The van der Waals surface area contributed by atoms with Crippen molar-refractivity contribution in [1.29, 1.82) is 0 Å². The lowest BCUT2D eigenvalue weighted by atomic mass is 10.2. The molecular weight excluding hydrogens is 364 g/mol. The molecule has 0 bridgehead atoms. The fraction of sp³-hybridized carbons (Fsp3) is 0.312. The van der Waals surface area contributed by atoms with Gasteiger partial charge in [0.2, 0.25) is 5.91 Å². The van der Waals surface area contributed by atoms with E-state index in [9.17, 15) is 14.4 Å². The fourth-order valence-electron chi connectivity index (χ4n) is 1.92. The van der Waals surface area contributed by atoms with Gasteiger partial charge in [-0.15, -0.1) is 0 Å². The Kier molecular flexibility index (Phi) is 6.29. The number of esters is 1. The molecule has 1 aromatic carbocycles. The molecule has 0 radical (unpaired) electrons. The highest BCUT2D eigenvalue weighted by Gasteiger charge is 2.17. The summed E-state index contributed by atoms with van der Waals surface area (Å²) in [7, 11) is 0. The number of hydrogen-bond acceptors (Lipinski definition) is 7. The summed E-state index contributed by atoms with van der Waals surface area (Å²) < 4.78 is 9.52. The molecule has 1 heterocycles. The van der Waals surface area contributed by atoms with Gasteiger partial charge in [-0.1, -0.05) is 16.8 Å². The Morgan fingerprint density at radius 3 is 2.62 bits per heavy atom. The van der Waals surface area contributed by atoms with Crippen molar-refractivity contribution in [3.05, 3.63) is 40.2 Å². The number of benzene rings is 1. The highest BCUT2D eigenvalue weighted by Crippen LogP contribution is 2.22. The number of nitrogens with zero attached hydrogens (tertiary/aromatic N) is 2. The minimum absolute atomic E-state index is 0.00279. The molecule has 2 N–H and O–H groups in total. The lowest BCUT2D eigenvalue weighted by Gasteiger charge is -2.11. The van der Waals surface area contributed by atoms with Crippen molar-refractivity contribution in [2.24, 2.45) is 0 Å². The number of carbonyl (C=O) groups is 3. The Morgan fingerprint density at radius 1 is 1.27 bits per heavy atom. The van der Waals surface area contributed by atoms with E-state index in [0.29, 0.717) is 11.4 Å². The Balaban J connectivity index is 1.97. The van der Waals surface area contributed by atoms with Gasteiger partial charge in [0.15, 0.2) is 5.69 Å². The normalized spacial score (nSPS) is 10.5. The van der Waals surface area contributed by atoms with Crippen LogP contribution in [0.2, 0.25) is 5.02 Å². The van der Waals surface area contributed by atoms with Gasteiger partial charge in [-0.2, -0.15) is 0 Å². The number of nitrogens with one attached hydrogen (secondary N) is 2. The van der Waals surface area contributed by atoms with Gasteiger partial charge < -0.3 is 15.4 Å². The molecule has 2 amide bonds. The van der Waals surface area contributed by atoms with Crippen molar-refractivity contribution in [2.45, 2.75) is 26.9 Å². The minimum atomic E-state index is -0.594. The third-order valence-electron chi connectivity index (χ3n) is 3.09. The molecular formula is C16H17ClN4O5. The van der Waals surface area contributed by atoms with Gasteiger partial charge in [0, 0.05) is 5.69 Å². The quantitative estimate of drug-likeness (QED) is 0.734. The third-order valence-corrected chi connectivity index (χ3v) is 3.42. The van der Waals surface area contributed by atoms with E-state index in [4.69, 9.17) is 16.3 Å². The van der Waals surface area contributed by atoms with Gasteiger partial charge in [-0.3, -0.25) is 9.59 Å². The van der Waals surface area contributed by atoms with Gasteiger partial charge in [0.25, 0.3) is 5.91 Å². The summed E-state index contributed by atoms with van der Waals surface area (Å²) in [5.74, 6) is -1.68. The summed E-state index contributed by atoms with van der Waals surface area (Å²) in [5, 5.41) is 12.1. The standard InChI is InChI=1S/C16H17ClN4O5/c1-8(2)25-16(24)11-6-10(4-5-12(11)17)19-13(22)7-18-15(23)14-9(3)20-26-21-14/h4-6,8H,7H2,1-3H3,(H,18,23)(H,19,22). The van der Waals surface area contributed by atoms with Crippen molar-refractivity contribution in [2.75, 3.05) is 11.9 Å². The van der Waals surface area contributed by atoms with Gasteiger partial charge in [0.1, 0.15) is 5.69 Å². The molecule has 0 aliphatic carbocycles. The molecule has 2 rings (SSSR count). The summed E-state index contributed by atoms with van der Waals surface area (Å²) in [6.07, 6.45) is -0.304. The highest BCUT2D eigenvalue weighted by molar-refractivity contribution is 6.33. The molecule has 138 valence electrons. The molecule has 1 aromatic heterocycles. The molecule has 0 atom stereocenters. The highest BCUT2D eigenvalue weighted by atomic mass is 35.5. The van der Waals surface area contributed by atoms with Crippen molar-refractivity contribution in [3.63, 3.8) is 0 Å². The van der Waals surface area contributed by atoms with E-state index < -0.39 is 17.8 Å². The van der Waals surface area contributed by atoms with Gasteiger partial charge >= 0.3 is 5.97 Å². The van der Waals surface area contributed by atoms with Crippen molar-refractivity contribution >= 4 is 35.1 Å². The maximum absolute atomic E-state index is 12.0. The molecule has 0 spiro atoms. The first kappa shape index (κ1) is 19.4. The van der Waals surface area contributed by atoms with E-state index in [2.05, 4.69) is 25.6 Å². The number of rotatable bonds is 6. The third kappa shape index (κ3) is 5.03. The lowest BCUT2D eigenvalue weighted by Crippen LogP contribution is -2.33. The predicted molar refractivity (Wildman–Crippen MR) is 92.0 cm³/mol. The maximum atomic E-state index is 12.0. The molecule has 26 heavy (non-hydrogen) atoms. The summed E-state index contributed by atoms with van der Waals surface area (Å²) in [5.41, 5.74) is 0.784. The minimum Gasteiger partial charge on any atom is -0.459 e. The lowest BCUT2D eigenvalue weighted by molar-refractivity contribution is -0.115. The zero-order valence-corrected chi connectivity index (χ0v) is 15.1. The number of hydrogen-bond donors (Lipinski definition) is 2. The first-order valence-corrected chi connectivity index (χ1v) is 8.03. The van der Waals surface area contributed by atoms with Gasteiger partial charge in [-0.25, -0.2) is 9.42 Å². The molecule has 0 aliphatic heterocycles. The Morgan fingerprint density at radius 2 is 2.00 bits per heavy atom. The average Bonchev–Trinajstić information content (AvgIpc) is 3.00. The van der Waals surface area contributed by atoms with Crippen LogP contribution in [0.15, 0.2) is 22.8 Å². The second-order valence-corrected chi connectivity index (χ2v) is 5.98. The first-order valence-electron chi connectivity index (χ1n) is 7.65. The van der Waals surface area contributed by atoms with Crippen LogP contribution in [0.25, 0.3) is 0 Å². The van der Waals surface area contributed by atoms with Crippen LogP contribution < -0.4 is 10.6 Å². The molecule has 0 fully saturated rings. The maximum Gasteiger partial charge on any atom is 0.339 e. The van der Waals surface area contributed by atoms with E-state index in [1.165, 1.54) is 18.2 Å². The molecule has 0 aliphatic rings. The molecule has 0 unspecified atom stereocenters. The molecule has 9 nitrogen and oxygen atoms in total. The molecule has 0 saturated carbocycles. The predicted octanol–water partition coefficient (Wildman–Crippen LogP) is 1.97. The second kappa shape index (κ2) is 8.43. The van der Waals surface area contributed by atoms with Gasteiger partial charge in [-0.05, 0) is 44.1 Å². The summed E-state index contributed by atoms with van der Waals surface area (Å²) in [4.78, 5) is 35.8. The van der Waals surface area contributed by atoms with Crippen LogP contribution >= 0.6 is 11.6 Å². The van der Waals surface area contributed by atoms with Gasteiger partial charge in [0.05, 0.1) is 23.2 Å². The van der Waals surface area contributed by atoms with E-state index >= 15 is 0 Å². The SMILES string of the molecule is Cc1nonc1C(=O)NCC(=O)Nc1ccc(Cl)c(C(=O)OC(C)C)c1. The van der Waals surface area contributed by atoms with Crippen LogP contribution in [-0.2, 0) is 9.53 Å². The van der Waals surface area contributed by atoms with Crippen LogP contribution in [0.3, 0.4) is 0 Å². The van der Waals surface area contributed by atoms with Crippen LogP contribution in [-0.4, -0.2) is 40.7 Å². The van der Waals surface area contributed by atoms with Crippen molar-refractivity contribution in [1.82, 2.24) is 15.6 Å². The average molecular weight is 381 g/mol. The van der Waals surface area contributed by atoms with E-state index in [1.54, 1.807) is 20.8 Å².